The first-order chi connectivity index (χ1) is 12.9. The number of alkyl halides is 1. The summed E-state index contributed by atoms with van der Waals surface area (Å²) in [5, 5.41) is 2.26. The lowest BCUT2D eigenvalue weighted by molar-refractivity contribution is -0.306. The van der Waals surface area contributed by atoms with Gasteiger partial charge in [0, 0.05) is 11.0 Å². The Morgan fingerprint density at radius 2 is 1.56 bits per heavy atom. The second kappa shape index (κ2) is 7.39. The van der Waals surface area contributed by atoms with Crippen LogP contribution in [0.15, 0.2) is 36.4 Å². The molecule has 0 unspecified atom stereocenters. The van der Waals surface area contributed by atoms with Crippen LogP contribution in [0.5, 0.6) is 0 Å². The van der Waals surface area contributed by atoms with E-state index in [-0.39, 0.29) is 10.8 Å². The van der Waals surface area contributed by atoms with Gasteiger partial charge in [-0.1, -0.05) is 69.5 Å². The molecule has 0 spiro atoms. The molecule has 4 rings (SSSR count). The van der Waals surface area contributed by atoms with Crippen molar-refractivity contribution in [2.45, 2.75) is 70.0 Å². The van der Waals surface area contributed by atoms with Crippen LogP contribution in [-0.4, -0.2) is 18.6 Å². The second-order valence-electron chi connectivity index (χ2n) is 9.11. The lowest BCUT2D eigenvalue weighted by Gasteiger charge is -2.45. The van der Waals surface area contributed by atoms with Crippen LogP contribution in [0.25, 0.3) is 10.8 Å². The third-order valence-electron chi connectivity index (χ3n) is 6.26. The molecule has 1 aliphatic heterocycles. The number of fused-ring (bicyclic) bond motifs is 1. The molecule has 0 amide bonds. The van der Waals surface area contributed by atoms with E-state index >= 15 is 0 Å². The van der Waals surface area contributed by atoms with Crippen molar-refractivity contribution in [3.8, 4) is 0 Å². The van der Waals surface area contributed by atoms with Gasteiger partial charge in [0.2, 0.25) is 5.79 Å². The third-order valence-corrected chi connectivity index (χ3v) is 6.54. The second-order valence-corrected chi connectivity index (χ2v) is 9.76. The van der Waals surface area contributed by atoms with Crippen LogP contribution in [0.1, 0.15) is 69.9 Å². The molecule has 146 valence electrons. The van der Waals surface area contributed by atoms with Crippen LogP contribution in [-0.2, 0) is 15.3 Å². The van der Waals surface area contributed by atoms with E-state index in [9.17, 15) is 0 Å². The average molecular weight is 387 g/mol. The van der Waals surface area contributed by atoms with Crippen LogP contribution in [0.3, 0.4) is 0 Å². The van der Waals surface area contributed by atoms with Gasteiger partial charge in [-0.2, -0.15) is 0 Å². The molecule has 1 saturated heterocycles. The summed E-state index contributed by atoms with van der Waals surface area (Å²) >= 11 is 6.68. The fraction of sp³-hybridized carbons (Fsp3) is 0.583. The van der Waals surface area contributed by atoms with Crippen LogP contribution in [0, 0.1) is 5.41 Å². The van der Waals surface area contributed by atoms with Gasteiger partial charge < -0.3 is 9.47 Å². The molecular weight excluding hydrogens is 356 g/mol. The number of halogens is 1. The van der Waals surface area contributed by atoms with Gasteiger partial charge in [-0.3, -0.25) is 0 Å². The lowest BCUT2D eigenvalue weighted by atomic mass is 9.80. The van der Waals surface area contributed by atoms with Gasteiger partial charge in [0.1, 0.15) is 0 Å². The molecule has 3 heteroatoms. The molecule has 1 aliphatic carbocycles. The molecule has 1 saturated carbocycles. The van der Waals surface area contributed by atoms with Crippen LogP contribution < -0.4 is 0 Å². The summed E-state index contributed by atoms with van der Waals surface area (Å²) < 4.78 is 12.7. The molecule has 2 fully saturated rings. The zero-order valence-corrected chi connectivity index (χ0v) is 17.5. The first-order valence-electron chi connectivity index (χ1n) is 10.4. The van der Waals surface area contributed by atoms with Gasteiger partial charge in [-0.25, -0.2) is 0 Å². The minimum Gasteiger partial charge on any atom is -0.344 e. The SMILES string of the molecule is C[C@@H](Cl)C1(c2ccc(C3CCCCC3)c3ccccc23)OCC(C)(C)CO1. The monoisotopic (exact) mass is 386 g/mol. The van der Waals surface area contributed by atoms with Gasteiger partial charge in [-0.05, 0) is 42.0 Å². The van der Waals surface area contributed by atoms with Crippen molar-refractivity contribution in [2.24, 2.45) is 5.41 Å². The maximum atomic E-state index is 6.68. The fourth-order valence-corrected chi connectivity index (χ4v) is 4.93. The first-order valence-corrected chi connectivity index (χ1v) is 10.8. The standard InChI is InChI=1S/C24H31ClO2/c1-17(25)24(26-15-23(2,3)16-27-24)22-14-13-19(18-9-5-4-6-10-18)20-11-7-8-12-21(20)22/h7-8,11-14,17-18H,4-6,9-10,15-16H2,1-3H3/t17-/m1/s1. The molecule has 2 aromatic carbocycles. The number of hydrogen-bond acceptors (Lipinski definition) is 2. The van der Waals surface area contributed by atoms with Crippen LogP contribution >= 0.6 is 11.6 Å². The Bertz CT molecular complexity index is 795. The third kappa shape index (κ3) is 3.52. The molecule has 1 atom stereocenters. The van der Waals surface area contributed by atoms with E-state index in [4.69, 9.17) is 21.1 Å². The van der Waals surface area contributed by atoms with E-state index < -0.39 is 5.79 Å². The van der Waals surface area contributed by atoms with Gasteiger partial charge in [-0.15, -0.1) is 11.6 Å². The van der Waals surface area contributed by atoms with E-state index in [0.717, 1.165) is 5.56 Å². The maximum absolute atomic E-state index is 6.68. The average Bonchev–Trinajstić information content (AvgIpc) is 2.68. The van der Waals surface area contributed by atoms with Crippen LogP contribution in [0.2, 0.25) is 0 Å². The summed E-state index contributed by atoms with van der Waals surface area (Å²) in [4.78, 5) is 0. The highest BCUT2D eigenvalue weighted by Gasteiger charge is 2.46. The highest BCUT2D eigenvalue weighted by molar-refractivity contribution is 6.21. The highest BCUT2D eigenvalue weighted by Crippen LogP contribution is 2.45. The van der Waals surface area contributed by atoms with E-state index in [1.165, 1.54) is 48.4 Å². The quantitative estimate of drug-likeness (QED) is 0.543. The first kappa shape index (κ1) is 19.2. The van der Waals surface area contributed by atoms with Gasteiger partial charge in [0.25, 0.3) is 0 Å². The summed E-state index contributed by atoms with van der Waals surface area (Å²) in [6.45, 7) is 7.59. The topological polar surface area (TPSA) is 18.5 Å². The number of hydrogen-bond donors (Lipinski definition) is 0. The molecule has 2 nitrogen and oxygen atoms in total. The van der Waals surface area contributed by atoms with Crippen molar-refractivity contribution in [1.29, 1.82) is 0 Å². The molecule has 0 N–H and O–H groups in total. The lowest BCUT2D eigenvalue weighted by Crippen LogP contribution is -2.50. The van der Waals surface area contributed by atoms with Crippen molar-refractivity contribution in [1.82, 2.24) is 0 Å². The fourth-order valence-electron chi connectivity index (χ4n) is 4.68. The molecular formula is C24H31ClO2. The van der Waals surface area contributed by atoms with Crippen molar-refractivity contribution < 1.29 is 9.47 Å². The summed E-state index contributed by atoms with van der Waals surface area (Å²) in [7, 11) is 0. The number of benzene rings is 2. The predicted octanol–water partition coefficient (Wildman–Crippen LogP) is 6.74. The summed E-state index contributed by atoms with van der Waals surface area (Å²) in [6.07, 6.45) is 6.63. The molecule has 2 aliphatic rings. The van der Waals surface area contributed by atoms with Crippen molar-refractivity contribution in [3.05, 3.63) is 47.5 Å². The molecule has 0 bridgehead atoms. The van der Waals surface area contributed by atoms with Gasteiger partial charge >= 0.3 is 0 Å². The minimum absolute atomic E-state index is 0.00706. The number of rotatable bonds is 3. The van der Waals surface area contributed by atoms with Gasteiger partial charge in [0.05, 0.1) is 18.6 Å². The van der Waals surface area contributed by atoms with Crippen LogP contribution in [0.4, 0.5) is 0 Å². The Morgan fingerprint density at radius 1 is 0.926 bits per heavy atom. The van der Waals surface area contributed by atoms with Crippen molar-refractivity contribution >= 4 is 22.4 Å². The highest BCUT2D eigenvalue weighted by atomic mass is 35.5. The molecule has 0 aromatic heterocycles. The molecule has 1 heterocycles. The Kier molecular flexibility index (Phi) is 5.26. The molecule has 0 radical (unpaired) electrons. The van der Waals surface area contributed by atoms with Crippen molar-refractivity contribution in [2.75, 3.05) is 13.2 Å². The van der Waals surface area contributed by atoms with E-state index in [1.807, 2.05) is 6.92 Å². The Labute approximate surface area is 168 Å². The summed E-state index contributed by atoms with van der Waals surface area (Å²) in [6, 6.07) is 13.2. The normalized spacial score (nSPS) is 24.0. The smallest absolute Gasteiger partial charge is 0.212 e. The number of ether oxygens (including phenoxy) is 2. The van der Waals surface area contributed by atoms with Gasteiger partial charge in [0.15, 0.2) is 0 Å². The van der Waals surface area contributed by atoms with E-state index in [2.05, 4.69) is 50.2 Å². The zero-order valence-electron chi connectivity index (χ0n) is 16.8. The summed E-state index contributed by atoms with van der Waals surface area (Å²) in [5.41, 5.74) is 2.55. The Morgan fingerprint density at radius 3 is 2.19 bits per heavy atom. The Balaban J connectivity index is 1.82. The zero-order chi connectivity index (χ0) is 19.1. The van der Waals surface area contributed by atoms with Crippen molar-refractivity contribution in [3.63, 3.8) is 0 Å². The van der Waals surface area contributed by atoms with E-state index in [1.54, 1.807) is 0 Å². The van der Waals surface area contributed by atoms with E-state index in [0.29, 0.717) is 19.1 Å². The summed E-state index contributed by atoms with van der Waals surface area (Å²) in [5.74, 6) is -0.226. The maximum Gasteiger partial charge on any atom is 0.212 e. The predicted molar refractivity (Wildman–Crippen MR) is 112 cm³/mol. The molecule has 2 aromatic rings. The molecule has 27 heavy (non-hydrogen) atoms. The Hall–Kier alpha value is -1.09. The largest absolute Gasteiger partial charge is 0.344 e. The minimum atomic E-state index is -0.887.